The minimum atomic E-state index is -3.42. The molecular weight excluding hydrogens is 388 g/mol. The van der Waals surface area contributed by atoms with E-state index in [0.717, 1.165) is 24.9 Å². The zero-order valence-electron chi connectivity index (χ0n) is 15.4. The second kappa shape index (κ2) is 8.04. The fraction of sp³-hybridized carbons (Fsp3) is 0.421. The molecule has 0 radical (unpaired) electrons. The average molecular weight is 411 g/mol. The second-order valence-electron chi connectivity index (χ2n) is 6.85. The Balaban J connectivity index is 1.84. The van der Waals surface area contributed by atoms with E-state index in [2.05, 4.69) is 9.88 Å². The largest absolute Gasteiger partial charge is 0.504 e. The summed E-state index contributed by atoms with van der Waals surface area (Å²) >= 11 is 5.97. The van der Waals surface area contributed by atoms with Gasteiger partial charge in [0.05, 0.1) is 22.7 Å². The number of hydrogen-bond donors (Lipinski definition) is 1. The van der Waals surface area contributed by atoms with Crippen LogP contribution in [-0.4, -0.2) is 49.9 Å². The van der Waals surface area contributed by atoms with Crippen molar-refractivity contribution < 1.29 is 18.3 Å². The van der Waals surface area contributed by atoms with E-state index in [0.29, 0.717) is 29.6 Å². The van der Waals surface area contributed by atoms with Crippen LogP contribution in [0.15, 0.2) is 35.4 Å². The third-order valence-corrected chi connectivity index (χ3v) is 6.17. The molecule has 1 saturated heterocycles. The predicted molar refractivity (Wildman–Crippen MR) is 104 cm³/mol. The van der Waals surface area contributed by atoms with Gasteiger partial charge in [-0.25, -0.2) is 8.42 Å². The van der Waals surface area contributed by atoms with Crippen molar-refractivity contribution in [3.63, 3.8) is 0 Å². The first-order chi connectivity index (χ1) is 12.8. The van der Waals surface area contributed by atoms with Crippen LogP contribution in [0.4, 0.5) is 0 Å². The summed E-state index contributed by atoms with van der Waals surface area (Å²) in [4.78, 5) is 6.75. The van der Waals surface area contributed by atoms with Crippen molar-refractivity contribution in [3.8, 4) is 11.5 Å². The summed E-state index contributed by atoms with van der Waals surface area (Å²) in [5.74, 6) is 0.580. The minimum absolute atomic E-state index is 0.00603. The van der Waals surface area contributed by atoms with Crippen molar-refractivity contribution in [2.24, 2.45) is 0 Å². The van der Waals surface area contributed by atoms with Gasteiger partial charge in [-0.1, -0.05) is 23.7 Å². The van der Waals surface area contributed by atoms with E-state index >= 15 is 0 Å². The summed E-state index contributed by atoms with van der Waals surface area (Å²) in [6.07, 6.45) is 4.46. The molecule has 0 bridgehead atoms. The molecule has 0 aliphatic carbocycles. The number of para-hydroxylation sites is 1. The Morgan fingerprint density at radius 3 is 2.89 bits per heavy atom. The highest BCUT2D eigenvalue weighted by atomic mass is 35.5. The smallest absolute Gasteiger partial charge is 0.177 e. The third kappa shape index (κ3) is 4.54. The van der Waals surface area contributed by atoms with Gasteiger partial charge in [-0.05, 0) is 31.5 Å². The van der Waals surface area contributed by atoms with Crippen molar-refractivity contribution >= 4 is 21.4 Å². The SMILES string of the molecule is COc1cccc(CN2CCCC(c3ncc(Cl)cc3S(C)(=O)=O)C2)c1O. The molecule has 1 unspecified atom stereocenters. The van der Waals surface area contributed by atoms with Gasteiger partial charge in [-0.15, -0.1) is 0 Å². The molecule has 8 heteroatoms. The van der Waals surface area contributed by atoms with Crippen LogP contribution in [0, 0.1) is 0 Å². The maximum atomic E-state index is 12.2. The number of ether oxygens (including phenoxy) is 1. The number of sulfone groups is 1. The fourth-order valence-corrected chi connectivity index (χ4v) is 4.72. The number of likely N-dealkylation sites (tertiary alicyclic amines) is 1. The molecule has 0 amide bonds. The molecule has 1 N–H and O–H groups in total. The number of rotatable bonds is 5. The maximum Gasteiger partial charge on any atom is 0.177 e. The number of nitrogens with zero attached hydrogens (tertiary/aromatic N) is 2. The molecule has 1 aromatic carbocycles. The van der Waals surface area contributed by atoms with Crippen molar-refractivity contribution in [2.75, 3.05) is 26.5 Å². The number of phenols is 1. The van der Waals surface area contributed by atoms with Crippen LogP contribution in [0.3, 0.4) is 0 Å². The summed E-state index contributed by atoms with van der Waals surface area (Å²) in [5, 5.41) is 10.6. The number of aromatic nitrogens is 1. The molecule has 1 aliphatic heterocycles. The first kappa shape index (κ1) is 19.9. The average Bonchev–Trinajstić information content (AvgIpc) is 2.63. The summed E-state index contributed by atoms with van der Waals surface area (Å²) in [7, 11) is -1.90. The van der Waals surface area contributed by atoms with Crippen LogP contribution >= 0.6 is 11.6 Å². The molecule has 0 saturated carbocycles. The van der Waals surface area contributed by atoms with Crippen molar-refractivity contribution in [2.45, 2.75) is 30.2 Å². The molecular formula is C19H23ClN2O4S. The number of hydrogen-bond acceptors (Lipinski definition) is 6. The Hall–Kier alpha value is -1.83. The topological polar surface area (TPSA) is 79.7 Å². The highest BCUT2D eigenvalue weighted by molar-refractivity contribution is 7.90. The minimum Gasteiger partial charge on any atom is -0.504 e. The van der Waals surface area contributed by atoms with Gasteiger partial charge in [0, 0.05) is 37.0 Å². The Morgan fingerprint density at radius 1 is 1.41 bits per heavy atom. The van der Waals surface area contributed by atoms with Crippen molar-refractivity contribution in [1.29, 1.82) is 0 Å². The molecule has 6 nitrogen and oxygen atoms in total. The molecule has 1 aromatic heterocycles. The van der Waals surface area contributed by atoms with Crippen LogP contribution in [-0.2, 0) is 16.4 Å². The van der Waals surface area contributed by atoms with Gasteiger partial charge in [-0.2, -0.15) is 0 Å². The Labute approximate surface area is 164 Å². The number of methoxy groups -OCH3 is 1. The van der Waals surface area contributed by atoms with Crippen LogP contribution in [0.25, 0.3) is 0 Å². The number of aromatic hydroxyl groups is 1. The van der Waals surface area contributed by atoms with Crippen LogP contribution in [0.1, 0.15) is 30.0 Å². The lowest BCUT2D eigenvalue weighted by molar-refractivity contribution is 0.195. The van der Waals surface area contributed by atoms with Gasteiger partial charge < -0.3 is 9.84 Å². The van der Waals surface area contributed by atoms with Gasteiger partial charge in [0.15, 0.2) is 21.3 Å². The summed E-state index contributed by atoms with van der Waals surface area (Å²) < 4.78 is 29.5. The molecule has 1 aliphatic rings. The number of phenolic OH excluding ortho intramolecular Hbond substituents is 1. The zero-order valence-corrected chi connectivity index (χ0v) is 16.9. The van der Waals surface area contributed by atoms with Crippen LogP contribution in [0.5, 0.6) is 11.5 Å². The third-order valence-electron chi connectivity index (χ3n) is 4.84. The lowest BCUT2D eigenvalue weighted by Crippen LogP contribution is -2.34. The Morgan fingerprint density at radius 2 is 2.19 bits per heavy atom. The standard InChI is InChI=1S/C19H23ClN2O4S/c1-26-16-7-3-5-14(19(16)23)12-22-8-4-6-13(11-22)18-17(27(2,24)25)9-15(20)10-21-18/h3,5,7,9-10,13,23H,4,6,8,11-12H2,1-2H3. The molecule has 2 heterocycles. The zero-order chi connectivity index (χ0) is 19.6. The summed E-state index contributed by atoms with van der Waals surface area (Å²) in [6.45, 7) is 2.09. The van der Waals surface area contributed by atoms with E-state index in [4.69, 9.17) is 16.3 Å². The lowest BCUT2D eigenvalue weighted by Gasteiger charge is -2.33. The van der Waals surface area contributed by atoms with Crippen molar-refractivity contribution in [3.05, 3.63) is 46.7 Å². The number of benzene rings is 1. The van der Waals surface area contributed by atoms with Gasteiger partial charge in [0.2, 0.25) is 0 Å². The molecule has 146 valence electrons. The number of halogens is 1. The molecule has 3 rings (SSSR count). The van der Waals surface area contributed by atoms with Gasteiger partial charge in [0.25, 0.3) is 0 Å². The highest BCUT2D eigenvalue weighted by Gasteiger charge is 2.28. The van der Waals surface area contributed by atoms with Gasteiger partial charge >= 0.3 is 0 Å². The first-order valence-electron chi connectivity index (χ1n) is 8.72. The van der Waals surface area contributed by atoms with Crippen LogP contribution in [0.2, 0.25) is 5.02 Å². The molecule has 1 fully saturated rings. The highest BCUT2D eigenvalue weighted by Crippen LogP contribution is 2.34. The maximum absolute atomic E-state index is 12.2. The van der Waals surface area contributed by atoms with Crippen molar-refractivity contribution in [1.82, 2.24) is 9.88 Å². The lowest BCUT2D eigenvalue weighted by atomic mass is 9.93. The quantitative estimate of drug-likeness (QED) is 0.815. The molecule has 1 atom stereocenters. The van der Waals surface area contributed by atoms with E-state index in [-0.39, 0.29) is 16.6 Å². The fourth-order valence-electron chi connectivity index (χ4n) is 3.56. The molecule has 2 aromatic rings. The Kier molecular flexibility index (Phi) is 5.93. The van der Waals surface area contributed by atoms with Gasteiger partial charge in [0.1, 0.15) is 0 Å². The normalized spacial score (nSPS) is 18.4. The predicted octanol–water partition coefficient (Wildman–Crippen LogP) is 3.23. The monoisotopic (exact) mass is 410 g/mol. The van der Waals surface area contributed by atoms with Gasteiger partial charge in [-0.3, -0.25) is 9.88 Å². The van der Waals surface area contributed by atoms with E-state index in [1.807, 2.05) is 12.1 Å². The Bertz CT molecular complexity index is 933. The number of pyridine rings is 1. The molecule has 0 spiro atoms. The second-order valence-corrected chi connectivity index (χ2v) is 9.27. The first-order valence-corrected chi connectivity index (χ1v) is 11.0. The van der Waals surface area contributed by atoms with E-state index in [1.54, 1.807) is 6.07 Å². The summed E-state index contributed by atoms with van der Waals surface area (Å²) in [6, 6.07) is 6.90. The molecule has 27 heavy (non-hydrogen) atoms. The van der Waals surface area contributed by atoms with E-state index in [1.165, 1.54) is 25.6 Å². The number of piperidine rings is 1. The van der Waals surface area contributed by atoms with E-state index < -0.39 is 9.84 Å². The summed E-state index contributed by atoms with van der Waals surface area (Å²) in [5.41, 5.74) is 1.35. The van der Waals surface area contributed by atoms with E-state index in [9.17, 15) is 13.5 Å². The van der Waals surface area contributed by atoms with Crippen LogP contribution < -0.4 is 4.74 Å².